The number of halogens is 1. The van der Waals surface area contributed by atoms with Gasteiger partial charge in [-0.3, -0.25) is 0 Å². The minimum absolute atomic E-state index is 0.273. The minimum Gasteiger partial charge on any atom is -0.411 e. The number of hydrogen-bond donors (Lipinski definition) is 1. The monoisotopic (exact) mass is 193 g/mol. The fraction of sp³-hybridized carbons (Fsp3) is 0.182. The van der Waals surface area contributed by atoms with E-state index in [1.165, 1.54) is 12.1 Å². The van der Waals surface area contributed by atoms with Crippen molar-refractivity contribution >= 4 is 11.8 Å². The van der Waals surface area contributed by atoms with Gasteiger partial charge in [-0.2, -0.15) is 0 Å². The third-order valence-corrected chi connectivity index (χ3v) is 1.95. The fourth-order valence-electron chi connectivity index (χ4n) is 1.03. The van der Waals surface area contributed by atoms with E-state index in [1.807, 2.05) is 0 Å². The van der Waals surface area contributed by atoms with Crippen molar-refractivity contribution in [3.8, 4) is 0 Å². The maximum Gasteiger partial charge on any atom is 0.123 e. The smallest absolute Gasteiger partial charge is 0.123 e. The van der Waals surface area contributed by atoms with Crippen LogP contribution in [-0.2, 0) is 0 Å². The third-order valence-electron chi connectivity index (χ3n) is 1.95. The third kappa shape index (κ3) is 2.69. The quantitative estimate of drug-likeness (QED) is 0.437. The summed E-state index contributed by atoms with van der Waals surface area (Å²) < 4.78 is 12.8. The maximum atomic E-state index is 12.8. The molecule has 0 spiro atoms. The van der Waals surface area contributed by atoms with Crippen LogP contribution in [0.5, 0.6) is 0 Å². The van der Waals surface area contributed by atoms with Gasteiger partial charge in [0.05, 0.1) is 5.71 Å². The molecule has 0 aliphatic rings. The number of hydrogen-bond acceptors (Lipinski definition) is 2. The lowest BCUT2D eigenvalue weighted by Gasteiger charge is -1.98. The van der Waals surface area contributed by atoms with E-state index in [0.29, 0.717) is 5.71 Å². The summed E-state index contributed by atoms with van der Waals surface area (Å²) >= 11 is 0. The van der Waals surface area contributed by atoms with Crippen LogP contribution in [0.25, 0.3) is 6.08 Å². The van der Waals surface area contributed by atoms with Gasteiger partial charge in [0.1, 0.15) is 5.82 Å². The Balaban J connectivity index is 2.97. The molecule has 0 saturated heterocycles. The van der Waals surface area contributed by atoms with E-state index in [1.54, 1.807) is 32.1 Å². The molecule has 0 aromatic heterocycles. The number of benzene rings is 1. The van der Waals surface area contributed by atoms with Crippen LogP contribution >= 0.6 is 0 Å². The first-order chi connectivity index (χ1) is 6.63. The molecule has 0 saturated carbocycles. The molecule has 0 aliphatic carbocycles. The molecule has 2 nitrogen and oxygen atoms in total. The van der Waals surface area contributed by atoms with Crippen LogP contribution in [0.15, 0.2) is 35.0 Å². The average molecular weight is 193 g/mol. The van der Waals surface area contributed by atoms with Crippen molar-refractivity contribution < 1.29 is 9.60 Å². The van der Waals surface area contributed by atoms with Crippen LogP contribution < -0.4 is 0 Å². The van der Waals surface area contributed by atoms with E-state index in [-0.39, 0.29) is 5.82 Å². The second-order valence-electron chi connectivity index (χ2n) is 3.07. The van der Waals surface area contributed by atoms with Crippen molar-refractivity contribution in [1.82, 2.24) is 0 Å². The Morgan fingerprint density at radius 1 is 1.43 bits per heavy atom. The van der Waals surface area contributed by atoms with Gasteiger partial charge >= 0.3 is 0 Å². The summed E-state index contributed by atoms with van der Waals surface area (Å²) in [6.07, 6.45) is 1.76. The zero-order valence-corrected chi connectivity index (χ0v) is 8.16. The van der Waals surface area contributed by atoms with Gasteiger partial charge in [0, 0.05) is 0 Å². The summed E-state index contributed by atoms with van der Waals surface area (Å²) in [5, 5.41) is 11.6. The molecule has 0 radical (unpaired) electrons. The lowest BCUT2D eigenvalue weighted by atomic mass is 10.1. The molecule has 0 bridgehead atoms. The van der Waals surface area contributed by atoms with Gasteiger partial charge in [-0.15, -0.1) is 0 Å². The summed E-state index contributed by atoms with van der Waals surface area (Å²) in [5.41, 5.74) is 2.08. The van der Waals surface area contributed by atoms with E-state index in [2.05, 4.69) is 5.16 Å². The van der Waals surface area contributed by atoms with E-state index in [4.69, 9.17) is 5.21 Å². The van der Waals surface area contributed by atoms with E-state index >= 15 is 0 Å². The van der Waals surface area contributed by atoms with Crippen molar-refractivity contribution in [3.63, 3.8) is 0 Å². The molecule has 0 atom stereocenters. The van der Waals surface area contributed by atoms with E-state index in [9.17, 15) is 4.39 Å². The summed E-state index contributed by atoms with van der Waals surface area (Å²) in [7, 11) is 0. The Kier molecular flexibility index (Phi) is 3.40. The van der Waals surface area contributed by atoms with Crippen LogP contribution in [0.2, 0.25) is 0 Å². The van der Waals surface area contributed by atoms with E-state index < -0.39 is 0 Å². The Morgan fingerprint density at radius 3 is 2.71 bits per heavy atom. The first-order valence-corrected chi connectivity index (χ1v) is 4.26. The van der Waals surface area contributed by atoms with Crippen molar-refractivity contribution in [2.75, 3.05) is 0 Å². The standard InChI is InChI=1S/C11H12FNO/c1-8(9(2)13-14)6-10-4-3-5-11(12)7-10/h3-7,14H,1-2H3/b8-6-,13-9+. The first-order valence-electron chi connectivity index (χ1n) is 4.26. The van der Waals surface area contributed by atoms with Crippen LogP contribution in [-0.4, -0.2) is 10.9 Å². The second kappa shape index (κ2) is 4.56. The molecule has 0 fully saturated rings. The molecule has 14 heavy (non-hydrogen) atoms. The zero-order chi connectivity index (χ0) is 10.6. The molecule has 0 unspecified atom stereocenters. The number of allylic oxidation sites excluding steroid dienone is 1. The molecular formula is C11H12FNO. The minimum atomic E-state index is -0.273. The number of oxime groups is 1. The van der Waals surface area contributed by atoms with Gasteiger partial charge in [-0.1, -0.05) is 23.4 Å². The number of nitrogens with zero attached hydrogens (tertiary/aromatic N) is 1. The molecule has 74 valence electrons. The molecule has 1 aromatic rings. The van der Waals surface area contributed by atoms with Crippen LogP contribution in [0, 0.1) is 5.82 Å². The van der Waals surface area contributed by atoms with E-state index in [0.717, 1.165) is 11.1 Å². The summed E-state index contributed by atoms with van der Waals surface area (Å²) in [5.74, 6) is -0.273. The number of rotatable bonds is 2. The normalized spacial score (nSPS) is 13.1. The fourth-order valence-corrected chi connectivity index (χ4v) is 1.03. The van der Waals surface area contributed by atoms with Crippen molar-refractivity contribution in [1.29, 1.82) is 0 Å². The van der Waals surface area contributed by atoms with Gasteiger partial charge in [0.15, 0.2) is 0 Å². The Bertz CT molecular complexity index is 383. The Labute approximate surface area is 82.4 Å². The molecule has 1 aromatic carbocycles. The van der Waals surface area contributed by atoms with Crippen LogP contribution in [0.4, 0.5) is 4.39 Å². The SMILES string of the molecule is CC(=C/c1cccc(F)c1)/C(C)=N/O. The van der Waals surface area contributed by atoms with Crippen molar-refractivity contribution in [3.05, 3.63) is 41.2 Å². The molecule has 0 heterocycles. The summed E-state index contributed by atoms with van der Waals surface area (Å²) in [6, 6.07) is 6.24. The molecule has 3 heteroatoms. The molecular weight excluding hydrogens is 181 g/mol. The van der Waals surface area contributed by atoms with Crippen molar-refractivity contribution in [2.24, 2.45) is 5.16 Å². The molecule has 1 rings (SSSR count). The van der Waals surface area contributed by atoms with Gasteiger partial charge in [0.25, 0.3) is 0 Å². The van der Waals surface area contributed by atoms with Gasteiger partial charge in [-0.25, -0.2) is 4.39 Å². The van der Waals surface area contributed by atoms with Crippen molar-refractivity contribution in [2.45, 2.75) is 13.8 Å². The highest BCUT2D eigenvalue weighted by atomic mass is 19.1. The van der Waals surface area contributed by atoms with Crippen LogP contribution in [0.1, 0.15) is 19.4 Å². The van der Waals surface area contributed by atoms with Crippen LogP contribution in [0.3, 0.4) is 0 Å². The summed E-state index contributed by atoms with van der Waals surface area (Å²) in [4.78, 5) is 0. The highest BCUT2D eigenvalue weighted by Gasteiger charge is 1.96. The highest BCUT2D eigenvalue weighted by molar-refractivity contribution is 6.01. The topological polar surface area (TPSA) is 32.6 Å². The Hall–Kier alpha value is -1.64. The highest BCUT2D eigenvalue weighted by Crippen LogP contribution is 2.09. The largest absolute Gasteiger partial charge is 0.411 e. The molecule has 0 aliphatic heterocycles. The lowest BCUT2D eigenvalue weighted by molar-refractivity contribution is 0.319. The maximum absolute atomic E-state index is 12.8. The second-order valence-corrected chi connectivity index (χ2v) is 3.07. The van der Waals surface area contributed by atoms with Gasteiger partial charge < -0.3 is 5.21 Å². The average Bonchev–Trinajstić information content (AvgIpc) is 2.16. The first kappa shape index (κ1) is 10.4. The predicted molar refractivity (Wildman–Crippen MR) is 54.9 cm³/mol. The zero-order valence-electron chi connectivity index (χ0n) is 8.16. The molecule has 0 amide bonds. The van der Waals surface area contributed by atoms with Gasteiger partial charge in [0.2, 0.25) is 0 Å². The molecule has 1 N–H and O–H groups in total. The Morgan fingerprint density at radius 2 is 2.14 bits per heavy atom. The summed E-state index contributed by atoms with van der Waals surface area (Å²) in [6.45, 7) is 3.49. The lowest BCUT2D eigenvalue weighted by Crippen LogP contribution is -1.92. The predicted octanol–water partition coefficient (Wildman–Crippen LogP) is 3.08. The van der Waals surface area contributed by atoms with Gasteiger partial charge in [-0.05, 0) is 37.1 Å².